The van der Waals surface area contributed by atoms with E-state index in [9.17, 15) is 18.0 Å². The van der Waals surface area contributed by atoms with Gasteiger partial charge in [-0.15, -0.1) is 0 Å². The number of nitrogens with one attached hydrogen (secondary N) is 2. The molecule has 6 heteroatoms. The van der Waals surface area contributed by atoms with Crippen molar-refractivity contribution in [3.63, 3.8) is 0 Å². The lowest BCUT2D eigenvalue weighted by Crippen LogP contribution is -2.38. The lowest BCUT2D eigenvalue weighted by Gasteiger charge is -2.16. The SMILES string of the molecule is Cc1cc([C@@H](C)NC(=O)NCC2C(C)(C)C2(F)F)ccc1F. The van der Waals surface area contributed by atoms with Crippen LogP contribution in [0.3, 0.4) is 0 Å². The van der Waals surface area contributed by atoms with E-state index in [1.807, 2.05) is 0 Å². The van der Waals surface area contributed by atoms with Crippen molar-refractivity contribution in [1.82, 2.24) is 10.6 Å². The molecule has 1 unspecified atom stereocenters. The molecule has 122 valence electrons. The third-order valence-corrected chi connectivity index (χ3v) is 4.58. The predicted octanol–water partition coefficient (Wildman–Crippen LogP) is 3.79. The summed E-state index contributed by atoms with van der Waals surface area (Å²) in [6.45, 7) is 6.30. The van der Waals surface area contributed by atoms with Gasteiger partial charge in [0.1, 0.15) is 5.82 Å². The molecule has 2 rings (SSSR count). The zero-order valence-corrected chi connectivity index (χ0v) is 13.1. The molecule has 0 heterocycles. The Hall–Kier alpha value is -1.72. The van der Waals surface area contributed by atoms with Crippen molar-refractivity contribution in [3.8, 4) is 0 Å². The summed E-state index contributed by atoms with van der Waals surface area (Å²) in [5.74, 6) is -3.88. The number of hydrogen-bond acceptors (Lipinski definition) is 1. The summed E-state index contributed by atoms with van der Waals surface area (Å²) < 4.78 is 40.1. The standard InChI is InChI=1S/C16H21F3N2O/c1-9-7-11(5-6-12(9)17)10(2)21-14(22)20-8-13-15(3,4)16(13,18)19/h5-7,10,13H,8H2,1-4H3,(H2,20,21,22)/t10-,13?/m1/s1. The molecule has 1 fully saturated rings. The van der Waals surface area contributed by atoms with Crippen molar-refractivity contribution in [2.75, 3.05) is 6.54 Å². The Bertz CT molecular complexity index is 573. The van der Waals surface area contributed by atoms with Gasteiger partial charge in [-0.05, 0) is 31.0 Å². The average molecular weight is 314 g/mol. The first kappa shape index (κ1) is 16.6. The molecule has 1 aromatic carbocycles. The molecular weight excluding hydrogens is 293 g/mol. The van der Waals surface area contributed by atoms with E-state index < -0.39 is 23.3 Å². The minimum absolute atomic E-state index is 0.0685. The molecule has 2 atom stereocenters. The lowest BCUT2D eigenvalue weighted by molar-refractivity contribution is 0.0668. The molecule has 22 heavy (non-hydrogen) atoms. The second kappa shape index (κ2) is 5.48. The first-order valence-corrected chi connectivity index (χ1v) is 7.25. The zero-order valence-electron chi connectivity index (χ0n) is 13.1. The minimum atomic E-state index is -2.74. The van der Waals surface area contributed by atoms with Gasteiger partial charge < -0.3 is 10.6 Å². The number of alkyl halides is 2. The van der Waals surface area contributed by atoms with Crippen molar-refractivity contribution in [3.05, 3.63) is 35.1 Å². The van der Waals surface area contributed by atoms with Gasteiger partial charge in [-0.1, -0.05) is 26.0 Å². The van der Waals surface area contributed by atoms with Crippen LogP contribution >= 0.6 is 0 Å². The predicted molar refractivity (Wildman–Crippen MR) is 78.3 cm³/mol. The Balaban J connectivity index is 1.86. The summed E-state index contributed by atoms with van der Waals surface area (Å²) in [7, 11) is 0. The van der Waals surface area contributed by atoms with Crippen molar-refractivity contribution >= 4 is 6.03 Å². The molecule has 2 N–H and O–H groups in total. The first-order chi connectivity index (χ1) is 10.1. The van der Waals surface area contributed by atoms with Crippen LogP contribution in [-0.2, 0) is 0 Å². The molecule has 1 aliphatic carbocycles. The Labute approximate surface area is 128 Å². The van der Waals surface area contributed by atoms with Crippen LogP contribution in [0.2, 0.25) is 0 Å². The fraction of sp³-hybridized carbons (Fsp3) is 0.562. The molecule has 2 amide bonds. The van der Waals surface area contributed by atoms with Crippen LogP contribution in [0.5, 0.6) is 0 Å². The minimum Gasteiger partial charge on any atom is -0.338 e. The van der Waals surface area contributed by atoms with Crippen molar-refractivity contribution < 1.29 is 18.0 Å². The van der Waals surface area contributed by atoms with Crippen LogP contribution < -0.4 is 10.6 Å². The van der Waals surface area contributed by atoms with Crippen LogP contribution in [0, 0.1) is 24.1 Å². The fourth-order valence-electron chi connectivity index (χ4n) is 2.60. The van der Waals surface area contributed by atoms with Gasteiger partial charge in [-0.3, -0.25) is 0 Å². The molecule has 0 radical (unpaired) electrons. The summed E-state index contributed by atoms with van der Waals surface area (Å²) in [5.41, 5.74) is 0.178. The van der Waals surface area contributed by atoms with Gasteiger partial charge in [-0.2, -0.15) is 0 Å². The maximum atomic E-state index is 13.4. The van der Waals surface area contributed by atoms with E-state index in [1.54, 1.807) is 26.0 Å². The molecule has 3 nitrogen and oxygen atoms in total. The molecule has 0 bridgehead atoms. The number of benzene rings is 1. The third kappa shape index (κ3) is 2.91. The molecule has 0 aliphatic heterocycles. The monoisotopic (exact) mass is 314 g/mol. The van der Waals surface area contributed by atoms with E-state index in [4.69, 9.17) is 0 Å². The highest BCUT2D eigenvalue weighted by Crippen LogP contribution is 2.65. The van der Waals surface area contributed by atoms with Crippen LogP contribution in [0.15, 0.2) is 18.2 Å². The smallest absolute Gasteiger partial charge is 0.315 e. The van der Waals surface area contributed by atoms with E-state index in [0.29, 0.717) is 5.56 Å². The molecule has 1 aliphatic rings. The van der Waals surface area contributed by atoms with Gasteiger partial charge in [0.2, 0.25) is 0 Å². The number of carbonyl (C=O) groups is 1. The van der Waals surface area contributed by atoms with Gasteiger partial charge >= 0.3 is 6.03 Å². The van der Waals surface area contributed by atoms with Crippen LogP contribution in [0.25, 0.3) is 0 Å². The van der Waals surface area contributed by atoms with Gasteiger partial charge in [-0.25, -0.2) is 18.0 Å². The second-order valence-corrected chi connectivity index (χ2v) is 6.48. The summed E-state index contributed by atoms with van der Waals surface area (Å²) in [5, 5.41) is 5.14. The summed E-state index contributed by atoms with van der Waals surface area (Å²) in [6, 6.07) is 3.73. The molecule has 0 saturated heterocycles. The Kier molecular flexibility index (Phi) is 4.15. The largest absolute Gasteiger partial charge is 0.338 e. The number of amides is 2. The average Bonchev–Trinajstić information content (AvgIpc) is 2.80. The van der Waals surface area contributed by atoms with Gasteiger partial charge in [0, 0.05) is 12.0 Å². The molecular formula is C16H21F3N2O. The Morgan fingerprint density at radius 1 is 1.36 bits per heavy atom. The van der Waals surface area contributed by atoms with E-state index >= 15 is 0 Å². The van der Waals surface area contributed by atoms with Gasteiger partial charge in [0.25, 0.3) is 5.92 Å². The van der Waals surface area contributed by atoms with Crippen LogP contribution in [0.4, 0.5) is 18.0 Å². The number of urea groups is 1. The Morgan fingerprint density at radius 3 is 2.45 bits per heavy atom. The molecule has 1 saturated carbocycles. The van der Waals surface area contributed by atoms with E-state index in [0.717, 1.165) is 5.56 Å². The first-order valence-electron chi connectivity index (χ1n) is 7.25. The third-order valence-electron chi connectivity index (χ3n) is 4.58. The number of rotatable bonds is 4. The maximum Gasteiger partial charge on any atom is 0.315 e. The summed E-state index contributed by atoms with van der Waals surface area (Å²) >= 11 is 0. The van der Waals surface area contributed by atoms with Crippen LogP contribution in [0.1, 0.15) is 37.9 Å². The van der Waals surface area contributed by atoms with E-state index in [-0.39, 0.29) is 18.4 Å². The Morgan fingerprint density at radius 2 is 1.95 bits per heavy atom. The number of hydrogen-bond donors (Lipinski definition) is 2. The number of aryl methyl sites for hydroxylation is 1. The summed E-state index contributed by atoms with van der Waals surface area (Å²) in [6.07, 6.45) is 0. The molecule has 0 spiro atoms. The van der Waals surface area contributed by atoms with Gasteiger partial charge in [0.05, 0.1) is 12.0 Å². The van der Waals surface area contributed by atoms with Crippen LogP contribution in [-0.4, -0.2) is 18.5 Å². The second-order valence-electron chi connectivity index (χ2n) is 6.48. The number of carbonyl (C=O) groups excluding carboxylic acids is 1. The highest BCUT2D eigenvalue weighted by molar-refractivity contribution is 5.74. The lowest BCUT2D eigenvalue weighted by atomic mass is 10.1. The molecule has 0 aromatic heterocycles. The van der Waals surface area contributed by atoms with Crippen molar-refractivity contribution in [2.45, 2.75) is 39.7 Å². The highest BCUT2D eigenvalue weighted by Gasteiger charge is 2.74. The zero-order chi connectivity index (χ0) is 16.7. The van der Waals surface area contributed by atoms with E-state index in [2.05, 4.69) is 10.6 Å². The number of halogens is 3. The van der Waals surface area contributed by atoms with Gasteiger partial charge in [0.15, 0.2) is 0 Å². The topological polar surface area (TPSA) is 41.1 Å². The summed E-state index contributed by atoms with van der Waals surface area (Å²) in [4.78, 5) is 11.8. The van der Waals surface area contributed by atoms with Crippen molar-refractivity contribution in [2.24, 2.45) is 11.3 Å². The molecule has 1 aromatic rings. The maximum absolute atomic E-state index is 13.4. The van der Waals surface area contributed by atoms with E-state index in [1.165, 1.54) is 19.9 Å². The quantitative estimate of drug-likeness (QED) is 0.872. The highest BCUT2D eigenvalue weighted by atomic mass is 19.3. The fourth-order valence-corrected chi connectivity index (χ4v) is 2.60. The normalized spacial score (nSPS) is 22.8. The van der Waals surface area contributed by atoms with Crippen molar-refractivity contribution in [1.29, 1.82) is 0 Å².